The van der Waals surface area contributed by atoms with Crippen molar-refractivity contribution in [2.45, 2.75) is 72.0 Å². The van der Waals surface area contributed by atoms with Crippen LogP contribution in [0.25, 0.3) is 5.69 Å². The SMILES string of the molecule is C=C1[C@H](CC(C)C)NC(=O)C2(CCN(Cc3c(C)nn(-c4ccccc4)c3C)CC2)N1CC#CC. The van der Waals surface area contributed by atoms with Gasteiger partial charge in [0.05, 0.1) is 24.0 Å². The molecule has 0 radical (unpaired) electrons. The molecule has 2 aliphatic heterocycles. The molecule has 35 heavy (non-hydrogen) atoms. The molecule has 186 valence electrons. The van der Waals surface area contributed by atoms with E-state index >= 15 is 0 Å². The van der Waals surface area contributed by atoms with Crippen LogP contribution >= 0.6 is 0 Å². The number of hydrogen-bond acceptors (Lipinski definition) is 4. The number of piperidine rings is 1. The molecule has 1 N–H and O–H groups in total. The molecule has 3 heterocycles. The number of aryl methyl sites for hydroxylation is 1. The molecule has 6 nitrogen and oxygen atoms in total. The third-order valence-corrected chi connectivity index (χ3v) is 7.62. The van der Waals surface area contributed by atoms with E-state index in [1.807, 2.05) is 29.8 Å². The number of amides is 1. The lowest BCUT2D eigenvalue weighted by Crippen LogP contribution is -2.69. The highest BCUT2D eigenvalue weighted by Crippen LogP contribution is 2.37. The average Bonchev–Trinajstić information content (AvgIpc) is 3.12. The average molecular weight is 474 g/mol. The van der Waals surface area contributed by atoms with Crippen molar-refractivity contribution in [1.82, 2.24) is 24.9 Å². The lowest BCUT2D eigenvalue weighted by atomic mass is 9.80. The molecule has 2 aliphatic rings. The van der Waals surface area contributed by atoms with E-state index in [9.17, 15) is 4.79 Å². The van der Waals surface area contributed by atoms with Crippen LogP contribution in [-0.2, 0) is 11.3 Å². The van der Waals surface area contributed by atoms with Gasteiger partial charge in [0.1, 0.15) is 5.54 Å². The highest BCUT2D eigenvalue weighted by Gasteiger charge is 2.51. The van der Waals surface area contributed by atoms with Crippen LogP contribution in [-0.4, -0.2) is 56.7 Å². The van der Waals surface area contributed by atoms with Crippen LogP contribution in [0, 0.1) is 31.6 Å². The van der Waals surface area contributed by atoms with Crippen LogP contribution in [0.15, 0.2) is 42.6 Å². The minimum absolute atomic E-state index is 0.0149. The van der Waals surface area contributed by atoms with E-state index < -0.39 is 5.54 Å². The zero-order valence-electron chi connectivity index (χ0n) is 21.9. The van der Waals surface area contributed by atoms with E-state index in [2.05, 4.69) is 73.4 Å². The van der Waals surface area contributed by atoms with E-state index in [0.717, 1.165) is 56.0 Å². The molecule has 1 aromatic heterocycles. The number of benzene rings is 1. The monoisotopic (exact) mass is 473 g/mol. The van der Waals surface area contributed by atoms with Crippen molar-refractivity contribution in [2.75, 3.05) is 19.6 Å². The molecule has 2 fully saturated rings. The minimum Gasteiger partial charge on any atom is -0.348 e. The second kappa shape index (κ2) is 10.3. The Labute approximate surface area is 210 Å². The van der Waals surface area contributed by atoms with E-state index in [0.29, 0.717) is 12.5 Å². The van der Waals surface area contributed by atoms with Gasteiger partial charge in [-0.1, -0.05) is 44.5 Å². The first-order chi connectivity index (χ1) is 16.8. The molecule has 2 aromatic rings. The maximum Gasteiger partial charge on any atom is 0.246 e. The lowest BCUT2D eigenvalue weighted by molar-refractivity contribution is -0.140. The smallest absolute Gasteiger partial charge is 0.246 e. The zero-order chi connectivity index (χ0) is 25.2. The number of nitrogens with zero attached hydrogens (tertiary/aromatic N) is 4. The fraction of sp³-hybridized carbons (Fsp3) is 0.517. The van der Waals surface area contributed by atoms with Crippen LogP contribution in [0.5, 0.6) is 0 Å². The first-order valence-electron chi connectivity index (χ1n) is 12.8. The van der Waals surface area contributed by atoms with Gasteiger partial charge in [0.25, 0.3) is 0 Å². The summed E-state index contributed by atoms with van der Waals surface area (Å²) in [7, 11) is 0. The van der Waals surface area contributed by atoms with E-state index in [1.165, 1.54) is 11.3 Å². The van der Waals surface area contributed by atoms with Gasteiger partial charge >= 0.3 is 0 Å². The van der Waals surface area contributed by atoms with Crippen molar-refractivity contribution < 1.29 is 4.79 Å². The fourth-order valence-electron chi connectivity index (χ4n) is 5.56. The molecular formula is C29H39N5O. The summed E-state index contributed by atoms with van der Waals surface area (Å²) >= 11 is 0. The maximum atomic E-state index is 13.5. The van der Waals surface area contributed by atoms with Gasteiger partial charge in [0.15, 0.2) is 0 Å². The predicted molar refractivity (Wildman–Crippen MR) is 141 cm³/mol. The van der Waals surface area contributed by atoms with Gasteiger partial charge < -0.3 is 10.2 Å². The molecule has 6 heteroatoms. The Morgan fingerprint density at radius 3 is 2.51 bits per heavy atom. The Morgan fingerprint density at radius 1 is 1.20 bits per heavy atom. The standard InChI is InChI=1S/C29H39N5O/c1-7-8-16-33-24(6)27(19-21(2)3)30-28(35)29(33)14-17-32(18-15-29)20-26-22(4)31-34(23(26)5)25-12-10-9-11-13-25/h9-13,21,27H,6,14-20H2,1-5H3,(H,30,35)/t27-/m0/s1. The molecule has 1 aromatic carbocycles. The van der Waals surface area contributed by atoms with Crippen molar-refractivity contribution in [3.63, 3.8) is 0 Å². The van der Waals surface area contributed by atoms with Gasteiger partial charge in [-0.15, -0.1) is 5.92 Å². The molecule has 1 spiro atoms. The normalized spacial score (nSPS) is 20.2. The minimum atomic E-state index is -0.566. The quantitative estimate of drug-likeness (QED) is 0.639. The van der Waals surface area contributed by atoms with Crippen LogP contribution in [0.2, 0.25) is 0 Å². The number of aromatic nitrogens is 2. The molecule has 2 saturated heterocycles. The lowest BCUT2D eigenvalue weighted by Gasteiger charge is -2.53. The Morgan fingerprint density at radius 2 is 1.89 bits per heavy atom. The third kappa shape index (κ3) is 4.88. The van der Waals surface area contributed by atoms with Crippen LogP contribution in [0.4, 0.5) is 0 Å². The van der Waals surface area contributed by atoms with Crippen molar-refractivity contribution in [1.29, 1.82) is 0 Å². The number of nitrogens with one attached hydrogen (secondary N) is 1. The highest BCUT2D eigenvalue weighted by atomic mass is 16.2. The van der Waals surface area contributed by atoms with Crippen LogP contribution in [0.1, 0.15) is 57.0 Å². The summed E-state index contributed by atoms with van der Waals surface area (Å²) in [6.07, 6.45) is 2.43. The van der Waals surface area contributed by atoms with Gasteiger partial charge in [-0.25, -0.2) is 4.68 Å². The van der Waals surface area contributed by atoms with Gasteiger partial charge in [-0.05, 0) is 58.1 Å². The van der Waals surface area contributed by atoms with E-state index in [4.69, 9.17) is 5.10 Å². The van der Waals surface area contributed by atoms with Crippen molar-refractivity contribution in [3.8, 4) is 17.5 Å². The predicted octanol–water partition coefficient (Wildman–Crippen LogP) is 4.21. The highest BCUT2D eigenvalue weighted by molar-refractivity contribution is 5.88. The largest absolute Gasteiger partial charge is 0.348 e. The number of carbonyl (C=O) groups excluding carboxylic acids is 1. The zero-order valence-corrected chi connectivity index (χ0v) is 21.9. The molecule has 0 bridgehead atoms. The maximum absolute atomic E-state index is 13.5. The summed E-state index contributed by atoms with van der Waals surface area (Å²) in [4.78, 5) is 18.2. The van der Waals surface area contributed by atoms with Gasteiger partial charge in [0, 0.05) is 36.6 Å². The number of carbonyl (C=O) groups is 1. The summed E-state index contributed by atoms with van der Waals surface area (Å²) in [6, 6.07) is 10.3. The van der Waals surface area contributed by atoms with Gasteiger partial charge in [0.2, 0.25) is 5.91 Å². The van der Waals surface area contributed by atoms with Crippen LogP contribution in [0.3, 0.4) is 0 Å². The summed E-state index contributed by atoms with van der Waals surface area (Å²) in [5.74, 6) is 6.84. The number of piperazine rings is 1. The third-order valence-electron chi connectivity index (χ3n) is 7.62. The van der Waals surface area contributed by atoms with E-state index in [-0.39, 0.29) is 11.9 Å². The Bertz CT molecular complexity index is 1130. The second-order valence-corrected chi connectivity index (χ2v) is 10.4. The molecule has 0 aliphatic carbocycles. The summed E-state index contributed by atoms with van der Waals surface area (Å²) < 4.78 is 2.04. The molecule has 4 rings (SSSR count). The van der Waals surface area contributed by atoms with Crippen molar-refractivity contribution >= 4 is 5.91 Å². The number of rotatable bonds is 6. The summed E-state index contributed by atoms with van der Waals surface area (Å²) in [5.41, 5.74) is 5.03. The number of hydrogen-bond donors (Lipinski definition) is 1. The van der Waals surface area contributed by atoms with Gasteiger partial charge in [-0.3, -0.25) is 9.69 Å². The Hall–Kier alpha value is -3.04. The van der Waals surface area contributed by atoms with Crippen LogP contribution < -0.4 is 5.32 Å². The topological polar surface area (TPSA) is 53.4 Å². The first-order valence-corrected chi connectivity index (χ1v) is 12.8. The molecule has 1 atom stereocenters. The molecule has 1 amide bonds. The fourth-order valence-corrected chi connectivity index (χ4v) is 5.56. The summed E-state index contributed by atoms with van der Waals surface area (Å²) in [5, 5.41) is 8.13. The second-order valence-electron chi connectivity index (χ2n) is 10.4. The number of likely N-dealkylation sites (tertiary alicyclic amines) is 1. The van der Waals surface area contributed by atoms with Crippen molar-refractivity contribution in [3.05, 3.63) is 59.6 Å². The Balaban J connectivity index is 1.51. The molecule has 0 saturated carbocycles. The molecule has 0 unspecified atom stereocenters. The first kappa shape index (κ1) is 25.1. The summed E-state index contributed by atoms with van der Waals surface area (Å²) in [6.45, 7) is 18.0. The van der Waals surface area contributed by atoms with Crippen molar-refractivity contribution in [2.24, 2.45) is 5.92 Å². The molecular weight excluding hydrogens is 434 g/mol. The number of para-hydroxylation sites is 1. The van der Waals surface area contributed by atoms with Gasteiger partial charge in [-0.2, -0.15) is 5.10 Å². The van der Waals surface area contributed by atoms with E-state index in [1.54, 1.807) is 0 Å². The Kier molecular flexibility index (Phi) is 7.37.